The Kier molecular flexibility index (Phi) is 4.50. The topological polar surface area (TPSA) is 29.4 Å². The second-order valence-corrected chi connectivity index (χ2v) is 7.59. The van der Waals surface area contributed by atoms with Gasteiger partial charge in [0.1, 0.15) is 0 Å². The minimum Gasteiger partial charge on any atom is -0.288 e. The highest BCUT2D eigenvalue weighted by Gasteiger charge is 2.27. The van der Waals surface area contributed by atoms with Crippen LogP contribution in [0.25, 0.3) is 0 Å². The largest absolute Gasteiger partial charge is 0.288 e. The molecule has 110 valence electrons. The van der Waals surface area contributed by atoms with Crippen LogP contribution >= 0.6 is 7.29 Å². The molecule has 1 unspecified atom stereocenters. The molecule has 0 aromatic heterocycles. The minimum atomic E-state index is -2.97. The van der Waals surface area contributed by atoms with Gasteiger partial charge in [-0.1, -0.05) is 66.8 Å². The first-order valence-corrected chi connectivity index (χ1v) is 9.08. The van der Waals surface area contributed by atoms with Crippen molar-refractivity contribution in [3.8, 4) is 0 Å². The summed E-state index contributed by atoms with van der Waals surface area (Å²) in [5.41, 5.74) is 0.957. The van der Waals surface area contributed by atoms with Crippen molar-refractivity contribution < 1.29 is 4.57 Å². The monoisotopic (exact) mass is 307 g/mol. The number of benzene rings is 2. The van der Waals surface area contributed by atoms with E-state index < -0.39 is 7.29 Å². The van der Waals surface area contributed by atoms with Crippen LogP contribution in [0.5, 0.6) is 0 Å². The van der Waals surface area contributed by atoms with Gasteiger partial charge < -0.3 is 0 Å². The summed E-state index contributed by atoms with van der Waals surface area (Å²) in [7, 11) is -2.97. The molecule has 2 aromatic carbocycles. The van der Waals surface area contributed by atoms with Crippen LogP contribution in [0.4, 0.5) is 0 Å². The zero-order valence-corrected chi connectivity index (χ0v) is 13.2. The van der Waals surface area contributed by atoms with Gasteiger partial charge in [0.15, 0.2) is 0 Å². The average Bonchev–Trinajstić information content (AvgIpc) is 2.62. The van der Waals surface area contributed by atoms with Gasteiger partial charge in [0.2, 0.25) is 7.29 Å². The third-order valence-electron chi connectivity index (χ3n) is 3.60. The zero-order valence-electron chi connectivity index (χ0n) is 12.3. The second kappa shape index (κ2) is 6.72. The van der Waals surface area contributed by atoms with E-state index in [9.17, 15) is 4.57 Å². The molecule has 0 bridgehead atoms. The van der Waals surface area contributed by atoms with Gasteiger partial charge in [-0.2, -0.15) is 0 Å². The molecule has 22 heavy (non-hydrogen) atoms. The van der Waals surface area contributed by atoms with E-state index in [1.165, 1.54) is 0 Å². The molecule has 0 radical (unpaired) electrons. The van der Waals surface area contributed by atoms with Crippen LogP contribution in [0.1, 0.15) is 18.4 Å². The Bertz CT molecular complexity index is 761. The first-order valence-electron chi connectivity index (χ1n) is 7.43. The third-order valence-corrected chi connectivity index (χ3v) is 6.07. The molecule has 0 saturated heterocycles. The van der Waals surface area contributed by atoms with E-state index in [4.69, 9.17) is 0 Å². The van der Waals surface area contributed by atoms with Crippen molar-refractivity contribution in [2.45, 2.75) is 12.8 Å². The van der Waals surface area contributed by atoms with Crippen LogP contribution in [0.3, 0.4) is 0 Å². The van der Waals surface area contributed by atoms with Gasteiger partial charge in [-0.25, -0.2) is 4.76 Å². The van der Waals surface area contributed by atoms with Gasteiger partial charge in [0.05, 0.1) is 0 Å². The van der Waals surface area contributed by atoms with Crippen molar-refractivity contribution in [2.24, 2.45) is 4.76 Å². The lowest BCUT2D eigenvalue weighted by Crippen LogP contribution is -2.05. The van der Waals surface area contributed by atoms with Crippen LogP contribution in [-0.2, 0) is 4.57 Å². The Labute approximate surface area is 131 Å². The maximum atomic E-state index is 13.6. The van der Waals surface area contributed by atoms with E-state index in [-0.39, 0.29) is 0 Å². The van der Waals surface area contributed by atoms with Crippen LogP contribution in [-0.4, -0.2) is 6.21 Å². The lowest BCUT2D eigenvalue weighted by molar-refractivity contribution is 0.586. The lowest BCUT2D eigenvalue weighted by atomic mass is 10.2. The second-order valence-electron chi connectivity index (χ2n) is 5.18. The summed E-state index contributed by atoms with van der Waals surface area (Å²) in [4.78, 5) is 0. The molecule has 0 spiro atoms. The van der Waals surface area contributed by atoms with Crippen molar-refractivity contribution in [3.63, 3.8) is 0 Å². The normalized spacial score (nSPS) is 17.2. The van der Waals surface area contributed by atoms with Crippen LogP contribution < -0.4 is 5.30 Å². The molecule has 2 nitrogen and oxygen atoms in total. The molecule has 0 heterocycles. The van der Waals surface area contributed by atoms with E-state index in [1.807, 2.05) is 66.7 Å². The third kappa shape index (κ3) is 3.18. The lowest BCUT2D eigenvalue weighted by Gasteiger charge is -2.17. The SMILES string of the molecule is O=P(/N=C/c1ccccc1)(C1=CCCC=C1)c1ccccc1. The molecule has 1 aliphatic rings. The first kappa shape index (κ1) is 14.7. The standard InChI is InChI=1S/C19H18NOP/c21-22(18-12-6-2-7-13-18,19-14-8-3-9-15-19)20-16-17-10-4-1-5-11-17/h1-2,4-8,10-16H,3,9H2/b20-16+. The average molecular weight is 307 g/mol. The van der Waals surface area contributed by atoms with Gasteiger partial charge in [-0.3, -0.25) is 4.57 Å². The number of hydrogen-bond donors (Lipinski definition) is 0. The van der Waals surface area contributed by atoms with Gasteiger partial charge in [-0.15, -0.1) is 0 Å². The van der Waals surface area contributed by atoms with Gasteiger partial charge in [0.25, 0.3) is 0 Å². The zero-order chi connectivity index (χ0) is 15.3. The summed E-state index contributed by atoms with van der Waals surface area (Å²) in [5, 5.41) is 1.61. The fraction of sp³-hybridized carbons (Fsp3) is 0.105. The molecule has 3 rings (SSSR count). The predicted octanol–water partition coefficient (Wildman–Crippen LogP) is 4.94. The van der Waals surface area contributed by atoms with E-state index in [0.717, 1.165) is 29.0 Å². The van der Waals surface area contributed by atoms with E-state index in [0.29, 0.717) is 0 Å². The molecule has 0 aliphatic heterocycles. The summed E-state index contributed by atoms with van der Waals surface area (Å²) in [5.74, 6) is 0. The maximum absolute atomic E-state index is 13.6. The Morgan fingerprint density at radius 3 is 2.23 bits per heavy atom. The quantitative estimate of drug-likeness (QED) is 0.581. The van der Waals surface area contributed by atoms with Crippen LogP contribution in [0.15, 0.2) is 89.0 Å². The fourth-order valence-corrected chi connectivity index (χ4v) is 4.54. The van der Waals surface area contributed by atoms with Crippen molar-refractivity contribution in [1.82, 2.24) is 0 Å². The summed E-state index contributed by atoms with van der Waals surface area (Å²) in [6.07, 6.45) is 9.72. The Morgan fingerprint density at radius 1 is 0.909 bits per heavy atom. The molecular weight excluding hydrogens is 289 g/mol. The minimum absolute atomic E-state index is 0.778. The molecule has 3 heteroatoms. The summed E-state index contributed by atoms with van der Waals surface area (Å²) in [6, 6.07) is 19.3. The van der Waals surface area contributed by atoms with E-state index in [2.05, 4.69) is 16.9 Å². The van der Waals surface area contributed by atoms with Crippen molar-refractivity contribution >= 4 is 18.8 Å². The van der Waals surface area contributed by atoms with E-state index in [1.54, 1.807) is 6.21 Å². The highest BCUT2D eigenvalue weighted by molar-refractivity contribution is 7.74. The molecule has 0 N–H and O–H groups in total. The highest BCUT2D eigenvalue weighted by atomic mass is 31.2. The van der Waals surface area contributed by atoms with Crippen LogP contribution in [0, 0.1) is 0 Å². The van der Waals surface area contributed by atoms with Gasteiger partial charge in [-0.05, 0) is 30.5 Å². The smallest absolute Gasteiger partial charge is 0.247 e. The number of hydrogen-bond acceptors (Lipinski definition) is 1. The van der Waals surface area contributed by atoms with Gasteiger partial charge >= 0.3 is 0 Å². The van der Waals surface area contributed by atoms with E-state index >= 15 is 0 Å². The molecule has 0 saturated carbocycles. The maximum Gasteiger partial charge on any atom is 0.247 e. The Balaban J connectivity index is 2.04. The predicted molar refractivity (Wildman–Crippen MR) is 94.2 cm³/mol. The highest BCUT2D eigenvalue weighted by Crippen LogP contribution is 2.55. The van der Waals surface area contributed by atoms with Crippen molar-refractivity contribution in [2.75, 3.05) is 0 Å². The van der Waals surface area contributed by atoms with Crippen molar-refractivity contribution in [3.05, 3.63) is 89.8 Å². The number of allylic oxidation sites excluding steroid dienone is 4. The van der Waals surface area contributed by atoms with Gasteiger partial charge in [0, 0.05) is 16.8 Å². The fourth-order valence-electron chi connectivity index (χ4n) is 2.42. The summed E-state index contributed by atoms with van der Waals surface area (Å²) < 4.78 is 18.2. The number of nitrogens with zero attached hydrogens (tertiary/aromatic N) is 1. The van der Waals surface area contributed by atoms with Crippen LogP contribution in [0.2, 0.25) is 0 Å². The molecular formula is C19H18NOP. The molecule has 2 aromatic rings. The molecule has 0 fully saturated rings. The molecule has 1 aliphatic carbocycles. The summed E-state index contributed by atoms with van der Waals surface area (Å²) >= 11 is 0. The molecule has 1 atom stereocenters. The molecule has 0 amide bonds. The summed E-state index contributed by atoms with van der Waals surface area (Å²) in [6.45, 7) is 0. The first-order chi connectivity index (χ1) is 10.8. The number of rotatable bonds is 4. The Hall–Kier alpha value is -2.18. The van der Waals surface area contributed by atoms with Crippen molar-refractivity contribution in [1.29, 1.82) is 0 Å². The Morgan fingerprint density at radius 2 is 1.59 bits per heavy atom.